The van der Waals surface area contributed by atoms with Crippen molar-refractivity contribution >= 4 is 21.6 Å². The average molecular weight is 326 g/mol. The molecule has 19 heavy (non-hydrogen) atoms. The summed E-state index contributed by atoms with van der Waals surface area (Å²) in [4.78, 5) is 4.87. The molecule has 3 nitrogen and oxygen atoms in total. The number of nitrogens with one attached hydrogen (secondary N) is 1. The lowest BCUT2D eigenvalue weighted by molar-refractivity contribution is 0.314. The predicted molar refractivity (Wildman–Crippen MR) is 85.8 cm³/mol. The molecular formula is C15H24BrN3. The molecule has 0 radical (unpaired) electrons. The van der Waals surface area contributed by atoms with E-state index in [2.05, 4.69) is 63.3 Å². The summed E-state index contributed by atoms with van der Waals surface area (Å²) in [7, 11) is 6.44. The first kappa shape index (κ1) is 14.8. The van der Waals surface area contributed by atoms with Crippen LogP contribution in [0.25, 0.3) is 0 Å². The summed E-state index contributed by atoms with van der Waals surface area (Å²) in [6.07, 6.45) is 2.65. The molecule has 0 aromatic heterocycles. The Hall–Kier alpha value is -0.580. The van der Waals surface area contributed by atoms with Crippen LogP contribution < -0.4 is 10.2 Å². The molecule has 0 bridgehead atoms. The van der Waals surface area contributed by atoms with Gasteiger partial charge in [0.2, 0.25) is 0 Å². The van der Waals surface area contributed by atoms with E-state index < -0.39 is 0 Å². The predicted octanol–water partition coefficient (Wildman–Crippen LogP) is 2.70. The van der Waals surface area contributed by atoms with Crippen molar-refractivity contribution < 1.29 is 0 Å². The molecule has 1 aromatic carbocycles. The smallest absolute Gasteiger partial charge is 0.0410 e. The molecule has 1 fully saturated rings. The SMILES string of the molecule is CNCc1cc(Br)ccc1N(C)CC1CCCN1C. The van der Waals surface area contributed by atoms with Crippen molar-refractivity contribution in [3.63, 3.8) is 0 Å². The standard InChI is InChI=1S/C15H24BrN3/c1-17-10-12-9-13(16)6-7-15(12)19(3)11-14-5-4-8-18(14)2/h6-7,9,14,17H,4-5,8,10-11H2,1-3H3. The monoisotopic (exact) mass is 325 g/mol. The number of likely N-dealkylation sites (N-methyl/N-ethyl adjacent to an activating group) is 2. The van der Waals surface area contributed by atoms with Crippen molar-refractivity contribution in [3.05, 3.63) is 28.2 Å². The number of likely N-dealkylation sites (tertiary alicyclic amines) is 1. The Balaban J connectivity index is 2.11. The number of benzene rings is 1. The van der Waals surface area contributed by atoms with Crippen molar-refractivity contribution in [2.75, 3.05) is 39.1 Å². The zero-order valence-corrected chi connectivity index (χ0v) is 13.7. The fraction of sp³-hybridized carbons (Fsp3) is 0.600. The van der Waals surface area contributed by atoms with Gasteiger partial charge in [0.1, 0.15) is 0 Å². The molecule has 1 N–H and O–H groups in total. The average Bonchev–Trinajstić information content (AvgIpc) is 2.75. The van der Waals surface area contributed by atoms with E-state index in [1.54, 1.807) is 0 Å². The van der Waals surface area contributed by atoms with Gasteiger partial charge in [0.25, 0.3) is 0 Å². The van der Waals surface area contributed by atoms with Gasteiger partial charge in [0, 0.05) is 36.3 Å². The minimum absolute atomic E-state index is 0.691. The van der Waals surface area contributed by atoms with E-state index >= 15 is 0 Å². The largest absolute Gasteiger partial charge is 0.373 e. The highest BCUT2D eigenvalue weighted by Crippen LogP contribution is 2.25. The first-order chi connectivity index (χ1) is 9.11. The van der Waals surface area contributed by atoms with Crippen LogP contribution >= 0.6 is 15.9 Å². The van der Waals surface area contributed by atoms with E-state index in [4.69, 9.17) is 0 Å². The minimum atomic E-state index is 0.691. The number of hydrogen-bond donors (Lipinski definition) is 1. The molecule has 1 aliphatic heterocycles. The molecule has 1 aliphatic rings. The van der Waals surface area contributed by atoms with E-state index in [1.807, 2.05) is 7.05 Å². The van der Waals surface area contributed by atoms with Gasteiger partial charge in [-0.1, -0.05) is 15.9 Å². The van der Waals surface area contributed by atoms with Crippen molar-refractivity contribution in [2.45, 2.75) is 25.4 Å². The van der Waals surface area contributed by atoms with Crippen LogP contribution in [0.3, 0.4) is 0 Å². The normalized spacial score (nSPS) is 19.9. The Morgan fingerprint density at radius 3 is 2.89 bits per heavy atom. The van der Waals surface area contributed by atoms with Crippen molar-refractivity contribution in [2.24, 2.45) is 0 Å². The van der Waals surface area contributed by atoms with Gasteiger partial charge in [0.15, 0.2) is 0 Å². The summed E-state index contributed by atoms with van der Waals surface area (Å²) >= 11 is 3.56. The zero-order chi connectivity index (χ0) is 13.8. The molecule has 1 saturated heterocycles. The molecule has 1 aromatic rings. The summed E-state index contributed by atoms with van der Waals surface area (Å²) in [5.41, 5.74) is 2.68. The first-order valence-electron chi connectivity index (χ1n) is 6.96. The van der Waals surface area contributed by atoms with E-state index in [9.17, 15) is 0 Å². The van der Waals surface area contributed by atoms with Gasteiger partial charge < -0.3 is 15.1 Å². The van der Waals surface area contributed by atoms with Gasteiger partial charge in [0.05, 0.1) is 0 Å². The lowest BCUT2D eigenvalue weighted by Crippen LogP contribution is -2.37. The molecule has 1 heterocycles. The molecule has 0 amide bonds. The molecule has 0 saturated carbocycles. The molecule has 1 atom stereocenters. The Morgan fingerprint density at radius 2 is 2.26 bits per heavy atom. The lowest BCUT2D eigenvalue weighted by Gasteiger charge is -2.29. The number of nitrogens with zero attached hydrogens (tertiary/aromatic N) is 2. The third kappa shape index (κ3) is 3.71. The third-order valence-electron chi connectivity index (χ3n) is 3.98. The van der Waals surface area contributed by atoms with Gasteiger partial charge in [-0.05, 0) is 57.2 Å². The van der Waals surface area contributed by atoms with E-state index in [0.717, 1.165) is 17.6 Å². The number of halogens is 1. The Morgan fingerprint density at radius 1 is 1.47 bits per heavy atom. The lowest BCUT2D eigenvalue weighted by atomic mass is 10.1. The van der Waals surface area contributed by atoms with Crippen LogP contribution in [-0.2, 0) is 6.54 Å². The van der Waals surface area contributed by atoms with Crippen LogP contribution in [0.5, 0.6) is 0 Å². The van der Waals surface area contributed by atoms with Crippen LogP contribution in [0.1, 0.15) is 18.4 Å². The summed E-state index contributed by atoms with van der Waals surface area (Å²) in [5.74, 6) is 0. The fourth-order valence-corrected chi connectivity index (χ4v) is 3.29. The second-order valence-corrected chi connectivity index (χ2v) is 6.38. The summed E-state index contributed by atoms with van der Waals surface area (Å²) < 4.78 is 1.15. The zero-order valence-electron chi connectivity index (χ0n) is 12.1. The van der Waals surface area contributed by atoms with Crippen molar-refractivity contribution in [1.82, 2.24) is 10.2 Å². The number of hydrogen-bond acceptors (Lipinski definition) is 3. The van der Waals surface area contributed by atoms with Crippen LogP contribution in [0.15, 0.2) is 22.7 Å². The number of rotatable bonds is 5. The third-order valence-corrected chi connectivity index (χ3v) is 4.47. The maximum absolute atomic E-state index is 3.56. The molecular weight excluding hydrogens is 302 g/mol. The van der Waals surface area contributed by atoms with Gasteiger partial charge >= 0.3 is 0 Å². The van der Waals surface area contributed by atoms with Crippen molar-refractivity contribution in [3.8, 4) is 0 Å². The molecule has 106 valence electrons. The van der Waals surface area contributed by atoms with E-state index in [1.165, 1.54) is 30.6 Å². The molecule has 0 spiro atoms. The van der Waals surface area contributed by atoms with Gasteiger partial charge in [-0.3, -0.25) is 0 Å². The Labute approximate surface area is 125 Å². The van der Waals surface area contributed by atoms with Gasteiger partial charge in [-0.15, -0.1) is 0 Å². The molecule has 1 unspecified atom stereocenters. The molecule has 2 rings (SSSR count). The van der Waals surface area contributed by atoms with Crippen LogP contribution in [0.4, 0.5) is 5.69 Å². The van der Waals surface area contributed by atoms with Crippen LogP contribution in [-0.4, -0.2) is 45.2 Å². The maximum Gasteiger partial charge on any atom is 0.0410 e. The van der Waals surface area contributed by atoms with Crippen molar-refractivity contribution in [1.29, 1.82) is 0 Å². The van der Waals surface area contributed by atoms with Crippen LogP contribution in [0.2, 0.25) is 0 Å². The molecule has 4 heteroatoms. The molecule has 0 aliphatic carbocycles. The summed E-state index contributed by atoms with van der Waals surface area (Å²) in [6, 6.07) is 7.24. The Bertz CT molecular complexity index is 422. The maximum atomic E-state index is 3.56. The summed E-state index contributed by atoms with van der Waals surface area (Å²) in [6.45, 7) is 3.25. The highest BCUT2D eigenvalue weighted by Gasteiger charge is 2.22. The minimum Gasteiger partial charge on any atom is -0.373 e. The van der Waals surface area contributed by atoms with Crippen LogP contribution in [0, 0.1) is 0 Å². The fourth-order valence-electron chi connectivity index (χ4n) is 2.88. The topological polar surface area (TPSA) is 18.5 Å². The highest BCUT2D eigenvalue weighted by atomic mass is 79.9. The number of anilines is 1. The summed E-state index contributed by atoms with van der Waals surface area (Å²) in [5, 5.41) is 3.25. The quantitative estimate of drug-likeness (QED) is 0.898. The van der Waals surface area contributed by atoms with E-state index in [0.29, 0.717) is 6.04 Å². The van der Waals surface area contributed by atoms with E-state index in [-0.39, 0.29) is 0 Å². The van der Waals surface area contributed by atoms with Gasteiger partial charge in [-0.25, -0.2) is 0 Å². The first-order valence-corrected chi connectivity index (χ1v) is 7.75. The second-order valence-electron chi connectivity index (χ2n) is 5.46. The van der Waals surface area contributed by atoms with Gasteiger partial charge in [-0.2, -0.15) is 0 Å². The second kappa shape index (κ2) is 6.73. The highest BCUT2D eigenvalue weighted by molar-refractivity contribution is 9.10. The Kier molecular flexibility index (Phi) is 5.25.